The number of piperazine rings is 1. The van der Waals surface area contributed by atoms with Crippen LogP contribution in [0.2, 0.25) is 0 Å². The predicted octanol–water partition coefficient (Wildman–Crippen LogP) is 0.972. The lowest BCUT2D eigenvalue weighted by Gasteiger charge is -2.37. The van der Waals surface area contributed by atoms with E-state index in [1.54, 1.807) is 0 Å². The number of carbonyl (C=O) groups excluding carboxylic acids is 2. The first-order chi connectivity index (χ1) is 11.2. The molecule has 3 aliphatic rings. The molecular weight excluding hydrogens is 363 g/mol. The van der Waals surface area contributed by atoms with Crippen molar-refractivity contribution in [1.82, 2.24) is 14.7 Å². The van der Waals surface area contributed by atoms with E-state index in [1.165, 1.54) is 0 Å². The van der Waals surface area contributed by atoms with Crippen molar-refractivity contribution in [2.45, 2.75) is 32.1 Å². The van der Waals surface area contributed by atoms with E-state index in [9.17, 15) is 9.59 Å². The third-order valence-electron chi connectivity index (χ3n) is 5.78. The predicted molar refractivity (Wildman–Crippen MR) is 103 cm³/mol. The van der Waals surface area contributed by atoms with Crippen molar-refractivity contribution in [2.75, 3.05) is 52.4 Å². The summed E-state index contributed by atoms with van der Waals surface area (Å²) < 4.78 is 0. The van der Waals surface area contributed by atoms with Gasteiger partial charge >= 0.3 is 0 Å². The molecule has 2 amide bonds. The molecule has 2 aliphatic heterocycles. The molecule has 2 atom stereocenters. The van der Waals surface area contributed by atoms with Gasteiger partial charge in [0, 0.05) is 45.2 Å². The lowest BCUT2D eigenvalue weighted by atomic mass is 9.94. The molecule has 6 nitrogen and oxygen atoms in total. The molecule has 146 valence electrons. The topological polar surface area (TPSA) is 69.9 Å². The van der Waals surface area contributed by atoms with E-state index in [-0.39, 0.29) is 36.6 Å². The van der Waals surface area contributed by atoms with E-state index in [0.29, 0.717) is 24.9 Å². The summed E-state index contributed by atoms with van der Waals surface area (Å²) in [4.78, 5) is 31.1. The van der Waals surface area contributed by atoms with Crippen LogP contribution < -0.4 is 5.73 Å². The van der Waals surface area contributed by atoms with Crippen LogP contribution in [0.25, 0.3) is 0 Å². The zero-order chi connectivity index (χ0) is 16.2. The van der Waals surface area contributed by atoms with Crippen molar-refractivity contribution < 1.29 is 9.59 Å². The first kappa shape index (κ1) is 22.5. The third-order valence-corrected chi connectivity index (χ3v) is 5.78. The normalized spacial score (nSPS) is 26.9. The van der Waals surface area contributed by atoms with E-state index < -0.39 is 0 Å². The van der Waals surface area contributed by atoms with Crippen molar-refractivity contribution in [3.8, 4) is 0 Å². The van der Waals surface area contributed by atoms with Crippen molar-refractivity contribution in [3.05, 3.63) is 0 Å². The molecule has 1 aliphatic carbocycles. The molecule has 0 spiro atoms. The lowest BCUT2D eigenvalue weighted by molar-refractivity contribution is -0.139. The Hall–Kier alpha value is -0.560. The Morgan fingerprint density at radius 1 is 0.840 bits per heavy atom. The van der Waals surface area contributed by atoms with Gasteiger partial charge in [-0.3, -0.25) is 14.5 Å². The molecule has 0 unspecified atom stereocenters. The van der Waals surface area contributed by atoms with Gasteiger partial charge in [0.1, 0.15) is 0 Å². The number of likely N-dealkylation sites (tertiary alicyclic amines) is 1. The van der Waals surface area contributed by atoms with Gasteiger partial charge in [0.2, 0.25) is 11.8 Å². The Morgan fingerprint density at radius 3 is 2.08 bits per heavy atom. The molecule has 0 aromatic carbocycles. The van der Waals surface area contributed by atoms with Crippen molar-refractivity contribution in [2.24, 2.45) is 17.6 Å². The van der Waals surface area contributed by atoms with Crippen molar-refractivity contribution in [1.29, 1.82) is 0 Å². The summed E-state index contributed by atoms with van der Waals surface area (Å²) in [6.45, 7) is 6.09. The highest BCUT2D eigenvalue weighted by molar-refractivity contribution is 5.85. The number of rotatable bonds is 4. The van der Waals surface area contributed by atoms with Crippen LogP contribution in [0.4, 0.5) is 0 Å². The summed E-state index contributed by atoms with van der Waals surface area (Å²) in [6.07, 6.45) is 5.49. The first-order valence-corrected chi connectivity index (χ1v) is 9.18. The van der Waals surface area contributed by atoms with Crippen LogP contribution >= 0.6 is 24.8 Å². The summed E-state index contributed by atoms with van der Waals surface area (Å²) >= 11 is 0. The molecule has 0 radical (unpaired) electrons. The Bertz CT molecular complexity index is 438. The fourth-order valence-corrected chi connectivity index (χ4v) is 4.26. The number of hydrogen-bond donors (Lipinski definition) is 1. The Kier molecular flexibility index (Phi) is 9.49. The summed E-state index contributed by atoms with van der Waals surface area (Å²) in [5, 5.41) is 0. The second kappa shape index (κ2) is 10.6. The van der Waals surface area contributed by atoms with Gasteiger partial charge in [0.05, 0.1) is 6.54 Å². The van der Waals surface area contributed by atoms with Gasteiger partial charge in [-0.2, -0.15) is 0 Å². The average molecular weight is 395 g/mol. The molecule has 0 aromatic rings. The van der Waals surface area contributed by atoms with Gasteiger partial charge in [0.25, 0.3) is 0 Å². The molecule has 8 heteroatoms. The number of amides is 2. The largest absolute Gasteiger partial charge is 0.342 e. The average Bonchev–Trinajstić information content (AvgIpc) is 3.26. The maximum Gasteiger partial charge on any atom is 0.236 e. The quantitative estimate of drug-likeness (QED) is 0.770. The minimum atomic E-state index is 0. The Labute approximate surface area is 163 Å². The highest BCUT2D eigenvalue weighted by atomic mass is 35.5. The Morgan fingerprint density at radius 2 is 1.48 bits per heavy atom. The molecule has 3 fully saturated rings. The maximum atomic E-state index is 12.7. The van der Waals surface area contributed by atoms with E-state index in [2.05, 4.69) is 4.90 Å². The monoisotopic (exact) mass is 394 g/mol. The van der Waals surface area contributed by atoms with Gasteiger partial charge in [-0.15, -0.1) is 24.8 Å². The van der Waals surface area contributed by atoms with Gasteiger partial charge in [-0.25, -0.2) is 0 Å². The van der Waals surface area contributed by atoms with Crippen LogP contribution in [0.3, 0.4) is 0 Å². The van der Waals surface area contributed by atoms with Crippen LogP contribution in [0.1, 0.15) is 32.1 Å². The standard InChI is InChI=1S/C17H30N4O2.2ClH/c18-12-14-4-3-5-15(14)17(23)21-10-8-19(9-11-21)13-16(22)20-6-1-2-7-20;;/h14-15H,1-13,18H2;2*1H/t14-,15-;;/m1../s1. The number of hydrogen-bond acceptors (Lipinski definition) is 4. The summed E-state index contributed by atoms with van der Waals surface area (Å²) in [5.74, 6) is 1.06. The summed E-state index contributed by atoms with van der Waals surface area (Å²) in [6, 6.07) is 0. The van der Waals surface area contributed by atoms with Gasteiger partial charge in [0.15, 0.2) is 0 Å². The number of nitrogens with zero attached hydrogens (tertiary/aromatic N) is 3. The van der Waals surface area contributed by atoms with E-state index in [1.807, 2.05) is 9.80 Å². The van der Waals surface area contributed by atoms with Gasteiger partial charge in [-0.1, -0.05) is 6.42 Å². The van der Waals surface area contributed by atoms with E-state index >= 15 is 0 Å². The minimum Gasteiger partial charge on any atom is -0.342 e. The third kappa shape index (κ3) is 5.46. The number of halogens is 2. The molecule has 2 N–H and O–H groups in total. The molecule has 3 rings (SSSR count). The lowest BCUT2D eigenvalue weighted by Crippen LogP contribution is -2.53. The van der Waals surface area contributed by atoms with Crippen LogP contribution in [-0.4, -0.2) is 78.9 Å². The van der Waals surface area contributed by atoms with Gasteiger partial charge in [-0.05, 0) is 38.1 Å². The molecule has 2 saturated heterocycles. The van der Waals surface area contributed by atoms with Gasteiger partial charge < -0.3 is 15.5 Å². The summed E-state index contributed by atoms with van der Waals surface area (Å²) in [5.41, 5.74) is 5.81. The molecule has 1 saturated carbocycles. The Balaban J connectivity index is 0.00000156. The smallest absolute Gasteiger partial charge is 0.236 e. The zero-order valence-electron chi connectivity index (χ0n) is 14.9. The van der Waals surface area contributed by atoms with Crippen molar-refractivity contribution >= 4 is 36.6 Å². The fourth-order valence-electron chi connectivity index (χ4n) is 4.26. The number of nitrogens with two attached hydrogens (primary N) is 1. The fraction of sp³-hybridized carbons (Fsp3) is 0.882. The van der Waals surface area contributed by atoms with Crippen LogP contribution in [-0.2, 0) is 9.59 Å². The van der Waals surface area contributed by atoms with E-state index in [4.69, 9.17) is 5.73 Å². The second-order valence-electron chi connectivity index (χ2n) is 7.22. The van der Waals surface area contributed by atoms with Crippen LogP contribution in [0.5, 0.6) is 0 Å². The highest BCUT2D eigenvalue weighted by Crippen LogP contribution is 2.32. The highest BCUT2D eigenvalue weighted by Gasteiger charge is 2.35. The van der Waals surface area contributed by atoms with Crippen LogP contribution in [0.15, 0.2) is 0 Å². The first-order valence-electron chi connectivity index (χ1n) is 9.18. The molecule has 2 heterocycles. The van der Waals surface area contributed by atoms with E-state index in [0.717, 1.165) is 71.4 Å². The second-order valence-corrected chi connectivity index (χ2v) is 7.22. The molecular formula is C17H32Cl2N4O2. The molecule has 0 bridgehead atoms. The SMILES string of the molecule is Cl.Cl.NC[C@H]1CCC[C@H]1C(=O)N1CCN(CC(=O)N2CCCC2)CC1. The van der Waals surface area contributed by atoms with Crippen LogP contribution in [0, 0.1) is 11.8 Å². The minimum absolute atomic E-state index is 0. The zero-order valence-corrected chi connectivity index (χ0v) is 16.5. The maximum absolute atomic E-state index is 12.7. The summed E-state index contributed by atoms with van der Waals surface area (Å²) in [7, 11) is 0. The molecule has 0 aromatic heterocycles. The number of carbonyl (C=O) groups is 2. The molecule has 25 heavy (non-hydrogen) atoms. The van der Waals surface area contributed by atoms with Crippen molar-refractivity contribution in [3.63, 3.8) is 0 Å².